The normalized spacial score (nSPS) is 13.0. The Labute approximate surface area is 192 Å². The number of nitrogens with one attached hydrogen (secondary N) is 1. The number of carbonyl (C=O) groups is 2. The number of aliphatic carboxylic acids is 2. The van der Waals surface area contributed by atoms with Gasteiger partial charge in [0.05, 0.1) is 13.7 Å². The predicted molar refractivity (Wildman–Crippen MR) is 125 cm³/mol. The summed E-state index contributed by atoms with van der Waals surface area (Å²) in [7, 11) is 1.67. The third-order valence-electron chi connectivity index (χ3n) is 5.28. The van der Waals surface area contributed by atoms with Gasteiger partial charge in [-0.2, -0.15) is 0 Å². The third kappa shape index (κ3) is 6.60. The van der Waals surface area contributed by atoms with Crippen LogP contribution in [0, 0.1) is 0 Å². The second kappa shape index (κ2) is 11.7. The molecule has 4 rings (SSSR count). The lowest BCUT2D eigenvalue weighted by Crippen LogP contribution is -2.18. The molecule has 0 spiro atoms. The monoisotopic (exact) mass is 452 g/mol. The average Bonchev–Trinajstić information content (AvgIpc) is 2.95. The quantitative estimate of drug-likeness (QED) is 0.473. The Morgan fingerprint density at radius 1 is 1.00 bits per heavy atom. The minimum absolute atomic E-state index is 0.558. The number of hydrogen-bond acceptors (Lipinski definition) is 5. The Hall–Kier alpha value is -3.78. The Bertz CT molecular complexity index is 1120. The van der Waals surface area contributed by atoms with E-state index in [4.69, 9.17) is 19.7 Å². The molecule has 2 aromatic carbocycles. The first-order chi connectivity index (χ1) is 16.0. The van der Waals surface area contributed by atoms with Crippen LogP contribution in [0.2, 0.25) is 0 Å². The van der Waals surface area contributed by atoms with Crippen LogP contribution in [0.5, 0.6) is 11.5 Å². The van der Waals surface area contributed by atoms with Crippen LogP contribution in [0.1, 0.15) is 11.3 Å². The summed E-state index contributed by atoms with van der Waals surface area (Å²) in [4.78, 5) is 19.1. The van der Waals surface area contributed by atoms with Gasteiger partial charge in [0.1, 0.15) is 18.1 Å². The van der Waals surface area contributed by atoms with Crippen LogP contribution in [0.25, 0.3) is 10.9 Å². The first-order valence-corrected chi connectivity index (χ1v) is 10.7. The fourth-order valence-electron chi connectivity index (χ4n) is 3.88. The summed E-state index contributed by atoms with van der Waals surface area (Å²) in [6.07, 6.45) is 3.29. The molecule has 8 heteroatoms. The highest BCUT2D eigenvalue weighted by molar-refractivity contribution is 5.89. The zero-order valence-electron chi connectivity index (χ0n) is 18.5. The molecule has 174 valence electrons. The first kappa shape index (κ1) is 23.9. The molecule has 0 fully saturated rings. The molecule has 0 saturated heterocycles. The number of ether oxygens (including phenoxy) is 2. The molecule has 1 aliphatic heterocycles. The number of carboxylic acid groups (broad SMARTS) is 2. The van der Waals surface area contributed by atoms with E-state index in [9.17, 15) is 9.59 Å². The van der Waals surface area contributed by atoms with Crippen LogP contribution >= 0.6 is 0 Å². The molecule has 3 N–H and O–H groups in total. The van der Waals surface area contributed by atoms with E-state index in [0.29, 0.717) is 18.8 Å². The fraction of sp³-hybridized carbons (Fsp3) is 0.280. The molecule has 0 atom stereocenters. The van der Waals surface area contributed by atoms with Crippen molar-refractivity contribution in [2.24, 2.45) is 0 Å². The Balaban J connectivity index is 0.000000331. The van der Waals surface area contributed by atoms with E-state index in [1.165, 1.54) is 22.2 Å². The highest BCUT2D eigenvalue weighted by Gasteiger charge is 2.18. The molecular weight excluding hydrogens is 424 g/mol. The number of para-hydroxylation sites is 1. The lowest BCUT2D eigenvalue weighted by Gasteiger charge is -2.12. The van der Waals surface area contributed by atoms with Crippen molar-refractivity contribution in [3.63, 3.8) is 0 Å². The maximum absolute atomic E-state index is 9.55. The summed E-state index contributed by atoms with van der Waals surface area (Å²) in [6, 6.07) is 16.5. The van der Waals surface area contributed by atoms with Gasteiger partial charge < -0.3 is 29.6 Å². The van der Waals surface area contributed by atoms with E-state index < -0.39 is 11.9 Å². The lowest BCUT2D eigenvalue weighted by atomic mass is 10.1. The van der Waals surface area contributed by atoms with Crippen molar-refractivity contribution in [3.8, 4) is 11.5 Å². The zero-order valence-corrected chi connectivity index (χ0v) is 18.5. The second-order valence-electron chi connectivity index (χ2n) is 7.38. The molecule has 1 aliphatic rings. The molecule has 0 aliphatic carbocycles. The van der Waals surface area contributed by atoms with E-state index in [0.717, 1.165) is 44.0 Å². The van der Waals surface area contributed by atoms with Crippen molar-refractivity contribution in [2.45, 2.75) is 19.4 Å². The Morgan fingerprint density at radius 2 is 1.70 bits per heavy atom. The van der Waals surface area contributed by atoms with Crippen molar-refractivity contribution in [1.82, 2.24) is 9.88 Å². The van der Waals surface area contributed by atoms with Gasteiger partial charge in [-0.05, 0) is 36.7 Å². The highest BCUT2D eigenvalue weighted by atomic mass is 16.5. The first-order valence-electron chi connectivity index (χ1n) is 10.7. The molecule has 0 unspecified atom stereocenters. The summed E-state index contributed by atoms with van der Waals surface area (Å²) >= 11 is 0. The summed E-state index contributed by atoms with van der Waals surface area (Å²) in [5.74, 6) is -0.841. The zero-order chi connectivity index (χ0) is 23.6. The van der Waals surface area contributed by atoms with E-state index in [2.05, 4.69) is 34.1 Å². The molecule has 0 bridgehead atoms. The summed E-state index contributed by atoms with van der Waals surface area (Å²) < 4.78 is 13.7. The summed E-state index contributed by atoms with van der Waals surface area (Å²) in [5.41, 5.74) is 4.28. The van der Waals surface area contributed by atoms with Gasteiger partial charge in [0.2, 0.25) is 0 Å². The van der Waals surface area contributed by atoms with Gasteiger partial charge >= 0.3 is 11.9 Å². The predicted octanol–water partition coefficient (Wildman–Crippen LogP) is 3.13. The lowest BCUT2D eigenvalue weighted by molar-refractivity contribution is -0.134. The van der Waals surface area contributed by atoms with Gasteiger partial charge in [0.15, 0.2) is 0 Å². The van der Waals surface area contributed by atoms with E-state index in [-0.39, 0.29) is 0 Å². The average molecular weight is 453 g/mol. The number of fused-ring (bicyclic) bond motifs is 3. The standard InChI is InChI=1S/C21H24N2O2.C4H4O4/c1-24-16-5-4-6-17(15-16)25-14-13-23-20-8-3-2-7-18(20)19-9-11-22-12-10-21(19)23;5-3(6)1-2-4(7)8/h2-8,15,22H,9-14H2,1H3;1-2H,(H,5,6)(H,7,8)/b;2-1-. The van der Waals surface area contributed by atoms with Gasteiger partial charge in [-0.3, -0.25) is 0 Å². The largest absolute Gasteiger partial charge is 0.497 e. The molecule has 0 radical (unpaired) electrons. The maximum Gasteiger partial charge on any atom is 0.328 e. The third-order valence-corrected chi connectivity index (χ3v) is 5.28. The minimum Gasteiger partial charge on any atom is -0.497 e. The van der Waals surface area contributed by atoms with Gasteiger partial charge in [0, 0.05) is 47.8 Å². The summed E-state index contributed by atoms with van der Waals surface area (Å²) in [6.45, 7) is 3.60. The molecule has 0 amide bonds. The van der Waals surface area contributed by atoms with Gasteiger partial charge in [-0.15, -0.1) is 0 Å². The van der Waals surface area contributed by atoms with Gasteiger partial charge in [-0.25, -0.2) is 9.59 Å². The topological polar surface area (TPSA) is 110 Å². The minimum atomic E-state index is -1.26. The van der Waals surface area contributed by atoms with Crippen LogP contribution < -0.4 is 14.8 Å². The van der Waals surface area contributed by atoms with Crippen molar-refractivity contribution >= 4 is 22.8 Å². The molecule has 2 heterocycles. The smallest absolute Gasteiger partial charge is 0.328 e. The molecule has 33 heavy (non-hydrogen) atoms. The van der Waals surface area contributed by atoms with Gasteiger partial charge in [0.25, 0.3) is 0 Å². The van der Waals surface area contributed by atoms with Crippen LogP contribution in [0.4, 0.5) is 0 Å². The number of carboxylic acids is 2. The fourth-order valence-corrected chi connectivity index (χ4v) is 3.88. The van der Waals surface area contributed by atoms with Crippen molar-refractivity contribution in [2.75, 3.05) is 26.8 Å². The molecule has 8 nitrogen and oxygen atoms in total. The highest BCUT2D eigenvalue weighted by Crippen LogP contribution is 2.28. The van der Waals surface area contributed by atoms with Crippen molar-refractivity contribution in [3.05, 3.63) is 71.9 Å². The summed E-state index contributed by atoms with van der Waals surface area (Å²) in [5, 5.41) is 20.5. The van der Waals surface area contributed by atoms with Gasteiger partial charge in [-0.1, -0.05) is 24.3 Å². The SMILES string of the molecule is COc1cccc(OCCn2c3c(c4ccccc42)CCNCC3)c1.O=C(O)/C=C\C(=O)O. The number of rotatable bonds is 7. The van der Waals surface area contributed by atoms with Crippen LogP contribution in [-0.2, 0) is 29.0 Å². The van der Waals surface area contributed by atoms with Crippen LogP contribution in [0.15, 0.2) is 60.7 Å². The van der Waals surface area contributed by atoms with Crippen LogP contribution in [0.3, 0.4) is 0 Å². The van der Waals surface area contributed by atoms with Crippen molar-refractivity contribution < 1.29 is 29.3 Å². The number of nitrogens with zero attached hydrogens (tertiary/aromatic N) is 1. The van der Waals surface area contributed by atoms with E-state index >= 15 is 0 Å². The molecular formula is C25H28N2O6. The van der Waals surface area contributed by atoms with E-state index in [1.807, 2.05) is 24.3 Å². The molecule has 0 saturated carbocycles. The Morgan fingerprint density at radius 3 is 2.42 bits per heavy atom. The van der Waals surface area contributed by atoms with E-state index in [1.54, 1.807) is 7.11 Å². The van der Waals surface area contributed by atoms with Crippen molar-refractivity contribution in [1.29, 1.82) is 0 Å². The number of methoxy groups -OCH3 is 1. The second-order valence-corrected chi connectivity index (χ2v) is 7.38. The molecule has 3 aromatic rings. The number of hydrogen-bond donors (Lipinski definition) is 3. The van der Waals surface area contributed by atoms with Crippen LogP contribution in [-0.4, -0.2) is 53.5 Å². The maximum atomic E-state index is 9.55. The Kier molecular flexibility index (Phi) is 8.49. The number of aromatic nitrogens is 1. The number of benzene rings is 2. The molecule has 1 aromatic heterocycles.